The lowest BCUT2D eigenvalue weighted by molar-refractivity contribution is 0.257. The van der Waals surface area contributed by atoms with E-state index < -0.39 is 0 Å². The average molecular weight is 196 g/mol. The highest BCUT2D eigenvalue weighted by molar-refractivity contribution is 7.10. The van der Waals surface area contributed by atoms with Crippen molar-refractivity contribution in [3.63, 3.8) is 0 Å². The highest BCUT2D eigenvalue weighted by atomic mass is 32.1. The van der Waals surface area contributed by atoms with Crippen LogP contribution in [-0.4, -0.2) is 11.7 Å². The Labute approximate surface area is 83.4 Å². The number of aryl methyl sites for hydroxylation is 1. The van der Waals surface area contributed by atoms with Crippen molar-refractivity contribution >= 4 is 11.3 Å². The van der Waals surface area contributed by atoms with E-state index in [1.807, 2.05) is 0 Å². The van der Waals surface area contributed by atoms with Crippen LogP contribution in [0.2, 0.25) is 0 Å². The maximum absolute atomic E-state index is 9.21. The number of aliphatic hydroxyl groups excluding tert-OH is 1. The second-order valence-corrected chi connectivity index (χ2v) is 5.64. The van der Waals surface area contributed by atoms with Gasteiger partial charge in [-0.25, -0.2) is 0 Å². The van der Waals surface area contributed by atoms with Gasteiger partial charge < -0.3 is 5.11 Å². The molecule has 2 atom stereocenters. The first-order chi connectivity index (χ1) is 6.09. The summed E-state index contributed by atoms with van der Waals surface area (Å²) in [6.45, 7) is 6.99. The average Bonchev–Trinajstić information content (AvgIpc) is 2.41. The van der Waals surface area contributed by atoms with E-state index in [1.165, 1.54) is 10.4 Å². The van der Waals surface area contributed by atoms with Crippen LogP contribution in [0.15, 0.2) is 11.4 Å². The van der Waals surface area contributed by atoms with E-state index in [1.54, 1.807) is 11.3 Å². The Morgan fingerprint density at radius 1 is 1.54 bits per heavy atom. The van der Waals surface area contributed by atoms with E-state index in [4.69, 9.17) is 0 Å². The van der Waals surface area contributed by atoms with Gasteiger partial charge in [0.15, 0.2) is 0 Å². The lowest BCUT2D eigenvalue weighted by Crippen LogP contribution is -1.93. The molecular weight excluding hydrogens is 180 g/mol. The molecule has 1 N–H and O–H groups in total. The summed E-state index contributed by atoms with van der Waals surface area (Å²) in [5.41, 5.74) is 1.76. The molecule has 1 aromatic heterocycles. The Hall–Kier alpha value is -0.340. The zero-order valence-electron chi connectivity index (χ0n) is 8.37. The van der Waals surface area contributed by atoms with Gasteiger partial charge in [-0.15, -0.1) is 11.3 Å². The standard InChI is InChI=1S/C11H16OS/c1-7-8(4-5-13-7)10-9(6-12)11(10,2)3/h4-5,9-10,12H,6H2,1-3H3. The molecule has 0 radical (unpaired) electrons. The lowest BCUT2D eigenvalue weighted by atomic mass is 10.0. The summed E-state index contributed by atoms with van der Waals surface area (Å²) in [5.74, 6) is 1.06. The first-order valence-corrected chi connectivity index (χ1v) is 5.62. The Balaban J connectivity index is 2.26. The van der Waals surface area contributed by atoms with Gasteiger partial charge in [0.05, 0.1) is 0 Å². The summed E-state index contributed by atoms with van der Waals surface area (Å²) < 4.78 is 0. The molecule has 0 spiro atoms. The number of thiophene rings is 1. The van der Waals surface area contributed by atoms with E-state index in [0.717, 1.165) is 0 Å². The summed E-state index contributed by atoms with van der Waals surface area (Å²) in [6.07, 6.45) is 0. The lowest BCUT2D eigenvalue weighted by Gasteiger charge is -2.01. The maximum atomic E-state index is 9.21. The molecule has 72 valence electrons. The van der Waals surface area contributed by atoms with Gasteiger partial charge in [-0.3, -0.25) is 0 Å². The minimum Gasteiger partial charge on any atom is -0.396 e. The van der Waals surface area contributed by atoms with Crippen LogP contribution in [0.5, 0.6) is 0 Å². The van der Waals surface area contributed by atoms with E-state index in [2.05, 4.69) is 32.2 Å². The van der Waals surface area contributed by atoms with Crippen molar-refractivity contribution in [2.45, 2.75) is 26.7 Å². The van der Waals surface area contributed by atoms with E-state index >= 15 is 0 Å². The van der Waals surface area contributed by atoms with Crippen molar-refractivity contribution in [2.24, 2.45) is 11.3 Å². The Morgan fingerprint density at radius 3 is 2.62 bits per heavy atom. The van der Waals surface area contributed by atoms with Crippen LogP contribution >= 0.6 is 11.3 Å². The fourth-order valence-electron chi connectivity index (χ4n) is 2.42. The van der Waals surface area contributed by atoms with Crippen molar-refractivity contribution in [1.29, 1.82) is 0 Å². The maximum Gasteiger partial charge on any atom is 0.0470 e. The molecule has 2 rings (SSSR count). The van der Waals surface area contributed by atoms with Crippen LogP contribution in [0.3, 0.4) is 0 Å². The van der Waals surface area contributed by atoms with Gasteiger partial charge in [-0.05, 0) is 41.2 Å². The van der Waals surface area contributed by atoms with Crippen molar-refractivity contribution < 1.29 is 5.11 Å². The van der Waals surface area contributed by atoms with Crippen molar-refractivity contribution in [1.82, 2.24) is 0 Å². The second-order valence-electron chi connectivity index (χ2n) is 4.52. The van der Waals surface area contributed by atoms with Gasteiger partial charge in [0.1, 0.15) is 0 Å². The Morgan fingerprint density at radius 2 is 2.23 bits per heavy atom. The SMILES string of the molecule is Cc1sccc1C1C(CO)C1(C)C. The largest absolute Gasteiger partial charge is 0.396 e. The minimum atomic E-state index is 0.306. The third kappa shape index (κ3) is 1.24. The molecule has 2 heteroatoms. The normalized spacial score (nSPS) is 30.5. The molecule has 1 saturated carbocycles. The van der Waals surface area contributed by atoms with Crippen LogP contribution in [0, 0.1) is 18.3 Å². The summed E-state index contributed by atoms with van der Waals surface area (Å²) in [5, 5.41) is 11.4. The van der Waals surface area contributed by atoms with Gasteiger partial charge >= 0.3 is 0 Å². The van der Waals surface area contributed by atoms with Gasteiger partial charge in [-0.2, -0.15) is 0 Å². The van der Waals surface area contributed by atoms with Crippen LogP contribution < -0.4 is 0 Å². The second kappa shape index (κ2) is 2.82. The van der Waals surface area contributed by atoms with Crippen LogP contribution in [-0.2, 0) is 0 Å². The zero-order chi connectivity index (χ0) is 9.64. The van der Waals surface area contributed by atoms with Crippen LogP contribution in [0.1, 0.15) is 30.2 Å². The molecule has 2 unspecified atom stereocenters. The molecule has 0 aliphatic heterocycles. The van der Waals surface area contributed by atoms with Crippen molar-refractivity contribution in [3.05, 3.63) is 21.9 Å². The summed E-state index contributed by atoms with van der Waals surface area (Å²) in [6, 6.07) is 2.21. The fourth-order valence-corrected chi connectivity index (χ4v) is 3.17. The topological polar surface area (TPSA) is 20.2 Å². The highest BCUT2D eigenvalue weighted by Crippen LogP contribution is 2.64. The third-order valence-electron chi connectivity index (χ3n) is 3.48. The van der Waals surface area contributed by atoms with Gasteiger partial charge in [0.25, 0.3) is 0 Å². The van der Waals surface area contributed by atoms with Crippen LogP contribution in [0.25, 0.3) is 0 Å². The molecular formula is C11H16OS. The molecule has 13 heavy (non-hydrogen) atoms. The molecule has 1 nitrogen and oxygen atoms in total. The third-order valence-corrected chi connectivity index (χ3v) is 4.34. The van der Waals surface area contributed by atoms with E-state index in [9.17, 15) is 5.11 Å². The molecule has 0 bridgehead atoms. The molecule has 1 aliphatic rings. The number of hydrogen-bond donors (Lipinski definition) is 1. The van der Waals surface area contributed by atoms with Gasteiger partial charge in [0, 0.05) is 11.5 Å². The molecule has 1 fully saturated rings. The monoisotopic (exact) mass is 196 g/mol. The first-order valence-electron chi connectivity index (χ1n) is 4.74. The molecule has 0 saturated heterocycles. The molecule has 1 aliphatic carbocycles. The van der Waals surface area contributed by atoms with Crippen LogP contribution in [0.4, 0.5) is 0 Å². The predicted octanol–water partition coefficient (Wildman–Crippen LogP) is 2.79. The Bertz CT molecular complexity index is 314. The molecule has 1 heterocycles. The zero-order valence-corrected chi connectivity index (χ0v) is 9.19. The number of hydrogen-bond acceptors (Lipinski definition) is 2. The smallest absolute Gasteiger partial charge is 0.0470 e. The van der Waals surface area contributed by atoms with E-state index in [0.29, 0.717) is 23.9 Å². The van der Waals surface area contributed by atoms with Gasteiger partial charge in [0.2, 0.25) is 0 Å². The Kier molecular flexibility index (Phi) is 2.00. The summed E-state index contributed by atoms with van der Waals surface area (Å²) in [4.78, 5) is 1.41. The van der Waals surface area contributed by atoms with Crippen molar-refractivity contribution in [3.8, 4) is 0 Å². The van der Waals surface area contributed by atoms with Gasteiger partial charge in [-0.1, -0.05) is 13.8 Å². The highest BCUT2D eigenvalue weighted by Gasteiger charge is 2.58. The quantitative estimate of drug-likeness (QED) is 0.771. The van der Waals surface area contributed by atoms with Crippen molar-refractivity contribution in [2.75, 3.05) is 6.61 Å². The molecule has 1 aromatic rings. The summed E-state index contributed by atoms with van der Waals surface area (Å²) in [7, 11) is 0. The number of rotatable bonds is 2. The molecule has 0 amide bonds. The minimum absolute atomic E-state index is 0.306. The molecule has 0 aromatic carbocycles. The number of aliphatic hydroxyl groups is 1. The van der Waals surface area contributed by atoms with E-state index in [-0.39, 0.29) is 0 Å². The predicted molar refractivity (Wildman–Crippen MR) is 56.2 cm³/mol. The fraction of sp³-hybridized carbons (Fsp3) is 0.636. The first kappa shape index (κ1) is 9.22. The summed E-state index contributed by atoms with van der Waals surface area (Å²) >= 11 is 1.80.